The van der Waals surface area contributed by atoms with Gasteiger partial charge in [-0.15, -0.1) is 0 Å². The van der Waals surface area contributed by atoms with Gasteiger partial charge in [0.1, 0.15) is 0 Å². The highest BCUT2D eigenvalue weighted by molar-refractivity contribution is 6.04. The lowest BCUT2D eigenvalue weighted by Gasteiger charge is -1.95. The van der Waals surface area contributed by atoms with Gasteiger partial charge in [0, 0.05) is 0 Å². The van der Waals surface area contributed by atoms with Gasteiger partial charge in [0.2, 0.25) is 0 Å². The SMILES string of the molecule is [BH]NC(C)C. The van der Waals surface area contributed by atoms with Crippen LogP contribution in [0.2, 0.25) is 0 Å². The lowest BCUT2D eigenvalue weighted by atomic mass is 10.3. The van der Waals surface area contributed by atoms with Crippen molar-refractivity contribution in [1.82, 2.24) is 5.23 Å². The largest absolute Gasteiger partial charge is 0.362 e. The quantitative estimate of drug-likeness (QED) is 0.421. The average molecular weight is 69.9 g/mol. The Balaban J connectivity index is 2.54. The van der Waals surface area contributed by atoms with Crippen LogP contribution in [0.15, 0.2) is 0 Å². The standard InChI is InChI=1S/C3H9BN/c1-3(2)5-4/h3-5H,1-2H3. The van der Waals surface area contributed by atoms with Crippen LogP contribution in [0.25, 0.3) is 0 Å². The van der Waals surface area contributed by atoms with Crippen LogP contribution in [0.1, 0.15) is 13.8 Å². The van der Waals surface area contributed by atoms with Crippen molar-refractivity contribution < 1.29 is 0 Å². The van der Waals surface area contributed by atoms with Gasteiger partial charge >= 0.3 is 0 Å². The molecule has 0 aliphatic carbocycles. The monoisotopic (exact) mass is 70.1 g/mol. The van der Waals surface area contributed by atoms with E-state index in [0.29, 0.717) is 6.04 Å². The highest BCUT2D eigenvalue weighted by Crippen LogP contribution is 1.66. The van der Waals surface area contributed by atoms with Crippen LogP contribution in [-0.2, 0) is 0 Å². The zero-order valence-electron chi connectivity index (χ0n) is 3.78. The average Bonchev–Trinajstić information content (AvgIpc) is 1.38. The molecule has 0 rings (SSSR count). The van der Waals surface area contributed by atoms with Gasteiger partial charge in [0.15, 0.2) is 7.98 Å². The Hall–Kier alpha value is 0.0249. The minimum absolute atomic E-state index is 0.523. The highest BCUT2D eigenvalue weighted by Gasteiger charge is 1.76. The van der Waals surface area contributed by atoms with Crippen molar-refractivity contribution >= 4 is 7.98 Å². The molecule has 0 unspecified atom stereocenters. The van der Waals surface area contributed by atoms with Gasteiger partial charge in [-0.25, -0.2) is 0 Å². The summed E-state index contributed by atoms with van der Waals surface area (Å²) in [4.78, 5) is 0. The minimum atomic E-state index is 0.523. The zero-order chi connectivity index (χ0) is 4.28. The van der Waals surface area contributed by atoms with Crippen LogP contribution < -0.4 is 5.23 Å². The Morgan fingerprint density at radius 2 is 1.80 bits per heavy atom. The maximum atomic E-state index is 3.44. The molecule has 0 saturated heterocycles. The van der Waals surface area contributed by atoms with Gasteiger partial charge in [-0.2, -0.15) is 0 Å². The van der Waals surface area contributed by atoms with E-state index in [2.05, 4.69) is 13.2 Å². The predicted octanol–water partition coefficient (Wildman–Crippen LogP) is -0.200. The van der Waals surface area contributed by atoms with Crippen molar-refractivity contribution in [3.8, 4) is 0 Å². The molecule has 0 atom stereocenters. The van der Waals surface area contributed by atoms with Crippen molar-refractivity contribution in [2.24, 2.45) is 0 Å². The van der Waals surface area contributed by atoms with E-state index >= 15 is 0 Å². The molecule has 0 fully saturated rings. The summed E-state index contributed by atoms with van der Waals surface area (Å²) in [6.45, 7) is 4.10. The van der Waals surface area contributed by atoms with Crippen molar-refractivity contribution in [2.75, 3.05) is 0 Å². The molecule has 5 heavy (non-hydrogen) atoms. The molecule has 0 amide bonds. The summed E-state index contributed by atoms with van der Waals surface area (Å²) < 4.78 is 0. The summed E-state index contributed by atoms with van der Waals surface area (Å²) in [5, 5.41) is 2.78. The lowest BCUT2D eigenvalue weighted by Crippen LogP contribution is -2.17. The van der Waals surface area contributed by atoms with E-state index in [4.69, 9.17) is 0 Å². The van der Waals surface area contributed by atoms with Gasteiger partial charge in [-0.05, 0) is 6.04 Å². The van der Waals surface area contributed by atoms with Crippen molar-refractivity contribution in [1.29, 1.82) is 0 Å². The van der Waals surface area contributed by atoms with Crippen LogP contribution in [0, 0.1) is 0 Å². The summed E-state index contributed by atoms with van der Waals surface area (Å²) in [5.41, 5.74) is 0. The van der Waals surface area contributed by atoms with Gasteiger partial charge in [-0.3, -0.25) is 0 Å². The molecule has 1 radical (unpaired) electrons. The van der Waals surface area contributed by atoms with E-state index in [1.807, 2.05) is 13.8 Å². The Labute approximate surface area is 34.2 Å². The second kappa shape index (κ2) is 2.27. The van der Waals surface area contributed by atoms with Crippen LogP contribution in [-0.4, -0.2) is 14.0 Å². The summed E-state index contributed by atoms with van der Waals surface area (Å²) in [5.74, 6) is 0. The fourth-order valence-corrected chi connectivity index (χ4v) is 0. The second-order valence-electron chi connectivity index (χ2n) is 1.36. The molecule has 1 N–H and O–H groups in total. The van der Waals surface area contributed by atoms with Crippen molar-refractivity contribution in [2.45, 2.75) is 19.9 Å². The topological polar surface area (TPSA) is 12.0 Å². The Morgan fingerprint density at radius 1 is 1.60 bits per heavy atom. The second-order valence-corrected chi connectivity index (χ2v) is 1.36. The van der Waals surface area contributed by atoms with Crippen molar-refractivity contribution in [3.63, 3.8) is 0 Å². The van der Waals surface area contributed by atoms with Gasteiger partial charge < -0.3 is 5.23 Å². The first kappa shape index (κ1) is 5.02. The van der Waals surface area contributed by atoms with Gasteiger partial charge in [0.25, 0.3) is 0 Å². The molecule has 0 aromatic rings. The van der Waals surface area contributed by atoms with E-state index in [1.54, 1.807) is 0 Å². The van der Waals surface area contributed by atoms with E-state index in [0.717, 1.165) is 0 Å². The number of hydrogen-bond donors (Lipinski definition) is 1. The molecule has 0 aliphatic heterocycles. The Morgan fingerprint density at radius 3 is 1.80 bits per heavy atom. The molecule has 1 nitrogen and oxygen atoms in total. The lowest BCUT2D eigenvalue weighted by molar-refractivity contribution is 0.761. The molecule has 0 saturated carbocycles. The normalized spacial score (nSPS) is 9.40. The molecule has 0 bridgehead atoms. The molecule has 0 aromatic carbocycles. The Kier molecular flexibility index (Phi) is 2.28. The number of nitrogens with one attached hydrogen (secondary N) is 1. The molecule has 0 aromatic heterocycles. The molecule has 0 heterocycles. The third-order valence-electron chi connectivity index (χ3n) is 0.408. The van der Waals surface area contributed by atoms with E-state index in [9.17, 15) is 0 Å². The third kappa shape index (κ3) is 4.02. The molecule has 0 spiro atoms. The third-order valence-corrected chi connectivity index (χ3v) is 0.408. The molecular formula is C3H9BN. The maximum Gasteiger partial charge on any atom is 0.182 e. The minimum Gasteiger partial charge on any atom is -0.362 e. The molecule has 2 heteroatoms. The van der Waals surface area contributed by atoms with Crippen LogP contribution in [0.5, 0.6) is 0 Å². The maximum absolute atomic E-state index is 3.44. The molecular weight excluding hydrogens is 60.9 g/mol. The fourth-order valence-electron chi connectivity index (χ4n) is 0. The summed E-state index contributed by atoms with van der Waals surface area (Å²) >= 11 is 0. The first-order valence-electron chi connectivity index (χ1n) is 1.80. The first-order valence-corrected chi connectivity index (χ1v) is 1.80. The fraction of sp³-hybridized carbons (Fsp3) is 1.00. The van der Waals surface area contributed by atoms with E-state index in [1.165, 1.54) is 0 Å². The number of hydrogen-bond acceptors (Lipinski definition) is 1. The summed E-state index contributed by atoms with van der Waals surface area (Å²) in [6, 6.07) is 0.523. The highest BCUT2D eigenvalue weighted by atomic mass is 14.8. The van der Waals surface area contributed by atoms with Crippen LogP contribution in [0.4, 0.5) is 0 Å². The van der Waals surface area contributed by atoms with Gasteiger partial charge in [-0.1, -0.05) is 13.8 Å². The number of rotatable bonds is 1. The summed E-state index contributed by atoms with van der Waals surface area (Å²) in [6.07, 6.45) is 0. The summed E-state index contributed by atoms with van der Waals surface area (Å²) in [7, 11) is 3.44. The van der Waals surface area contributed by atoms with Crippen molar-refractivity contribution in [3.05, 3.63) is 0 Å². The molecule has 29 valence electrons. The zero-order valence-corrected chi connectivity index (χ0v) is 3.78. The smallest absolute Gasteiger partial charge is 0.182 e. The van der Waals surface area contributed by atoms with Crippen LogP contribution in [0.3, 0.4) is 0 Å². The van der Waals surface area contributed by atoms with Gasteiger partial charge in [0.05, 0.1) is 0 Å². The molecule has 0 aliphatic rings. The predicted molar refractivity (Wildman–Crippen MR) is 25.4 cm³/mol. The first-order chi connectivity index (χ1) is 2.27. The van der Waals surface area contributed by atoms with E-state index in [-0.39, 0.29) is 0 Å². The van der Waals surface area contributed by atoms with E-state index < -0.39 is 0 Å². The van der Waals surface area contributed by atoms with Crippen LogP contribution >= 0.6 is 0 Å². The Bertz CT molecular complexity index is 20.9.